The van der Waals surface area contributed by atoms with E-state index in [0.29, 0.717) is 5.75 Å². The van der Waals surface area contributed by atoms with Crippen molar-refractivity contribution >= 4 is 15.9 Å². The smallest absolute Gasteiger partial charge is 0.241 e. The predicted molar refractivity (Wildman–Crippen MR) is 127 cm³/mol. The van der Waals surface area contributed by atoms with E-state index in [1.807, 2.05) is 67.6 Å². The first kappa shape index (κ1) is 24.3. The second-order valence-electron chi connectivity index (χ2n) is 7.52. The lowest BCUT2D eigenvalue weighted by molar-refractivity contribution is -0.123. The summed E-state index contributed by atoms with van der Waals surface area (Å²) in [5.74, 6) is 0.271. The van der Waals surface area contributed by atoms with E-state index in [1.54, 1.807) is 0 Å². The molecule has 0 heterocycles. The number of ether oxygens (including phenoxy) is 2. The third kappa shape index (κ3) is 6.34. The summed E-state index contributed by atoms with van der Waals surface area (Å²) in [7, 11) is -1.13. The first-order chi connectivity index (χ1) is 15.8. The van der Waals surface area contributed by atoms with Gasteiger partial charge >= 0.3 is 0 Å². The summed E-state index contributed by atoms with van der Waals surface area (Å²) >= 11 is 0. The molecule has 3 aromatic rings. The Morgan fingerprint density at radius 3 is 2.09 bits per heavy atom. The maximum absolute atomic E-state index is 13.2. The molecule has 2 unspecified atom stereocenters. The summed E-state index contributed by atoms with van der Waals surface area (Å²) < 4.78 is 39.3. The van der Waals surface area contributed by atoms with Gasteiger partial charge in [0, 0.05) is 6.07 Å². The van der Waals surface area contributed by atoms with E-state index in [0.717, 1.165) is 11.1 Å². The van der Waals surface area contributed by atoms with Gasteiger partial charge in [-0.3, -0.25) is 4.79 Å². The summed E-state index contributed by atoms with van der Waals surface area (Å²) in [6.45, 7) is 1.86. The fourth-order valence-corrected chi connectivity index (χ4v) is 4.63. The Bertz CT molecular complexity index is 1170. The predicted octanol–water partition coefficient (Wildman–Crippen LogP) is 3.47. The van der Waals surface area contributed by atoms with Crippen LogP contribution < -0.4 is 19.5 Å². The summed E-state index contributed by atoms with van der Waals surface area (Å²) in [6.07, 6.45) is 0.195. The van der Waals surface area contributed by atoms with E-state index >= 15 is 0 Å². The first-order valence-corrected chi connectivity index (χ1v) is 12.0. The number of benzene rings is 3. The molecule has 0 aliphatic carbocycles. The average Bonchev–Trinajstić information content (AvgIpc) is 2.84. The van der Waals surface area contributed by atoms with Crippen LogP contribution in [0.1, 0.15) is 24.1 Å². The lowest BCUT2D eigenvalue weighted by atomic mass is 10.0. The van der Waals surface area contributed by atoms with Crippen LogP contribution in [-0.4, -0.2) is 34.6 Å². The lowest BCUT2D eigenvalue weighted by Gasteiger charge is -2.22. The van der Waals surface area contributed by atoms with Crippen molar-refractivity contribution in [2.24, 2.45) is 0 Å². The number of carbonyl (C=O) groups excluding carboxylic acids is 1. The maximum atomic E-state index is 13.2. The van der Waals surface area contributed by atoms with E-state index < -0.39 is 22.0 Å². The molecular weight excluding hydrogens is 440 g/mol. The molecule has 0 aliphatic heterocycles. The van der Waals surface area contributed by atoms with Crippen LogP contribution in [0.5, 0.6) is 11.5 Å². The molecule has 0 aromatic heterocycles. The molecule has 0 saturated carbocycles. The maximum Gasteiger partial charge on any atom is 0.241 e. The number of carbonyl (C=O) groups is 1. The van der Waals surface area contributed by atoms with Crippen molar-refractivity contribution in [1.29, 1.82) is 0 Å². The summed E-state index contributed by atoms with van der Waals surface area (Å²) in [5.41, 5.74) is 1.76. The van der Waals surface area contributed by atoms with E-state index in [4.69, 9.17) is 9.47 Å². The second kappa shape index (κ2) is 11.0. The fraction of sp³-hybridized carbons (Fsp3) is 0.240. The molecule has 174 valence electrons. The molecule has 0 saturated heterocycles. The third-order valence-corrected chi connectivity index (χ3v) is 6.69. The summed E-state index contributed by atoms with van der Waals surface area (Å²) in [4.78, 5) is 13.2. The van der Waals surface area contributed by atoms with Crippen LogP contribution in [0.15, 0.2) is 83.8 Å². The van der Waals surface area contributed by atoms with Gasteiger partial charge in [-0.05, 0) is 36.6 Å². The molecular formula is C25H28N2O5S. The van der Waals surface area contributed by atoms with Gasteiger partial charge in [0.15, 0.2) is 11.5 Å². The number of rotatable bonds is 10. The van der Waals surface area contributed by atoms with Gasteiger partial charge in [0.25, 0.3) is 0 Å². The Labute approximate surface area is 194 Å². The van der Waals surface area contributed by atoms with Crippen molar-refractivity contribution < 1.29 is 22.7 Å². The zero-order valence-electron chi connectivity index (χ0n) is 18.8. The molecule has 8 heteroatoms. The monoisotopic (exact) mass is 468 g/mol. The quantitative estimate of drug-likeness (QED) is 0.475. The Morgan fingerprint density at radius 2 is 1.48 bits per heavy atom. The largest absolute Gasteiger partial charge is 0.493 e. The zero-order valence-corrected chi connectivity index (χ0v) is 19.6. The highest BCUT2D eigenvalue weighted by Crippen LogP contribution is 2.29. The molecule has 0 bridgehead atoms. The minimum absolute atomic E-state index is 0.0258. The highest BCUT2D eigenvalue weighted by Gasteiger charge is 2.28. The molecule has 2 N–H and O–H groups in total. The van der Waals surface area contributed by atoms with E-state index in [9.17, 15) is 13.2 Å². The third-order valence-electron chi connectivity index (χ3n) is 5.22. The van der Waals surface area contributed by atoms with E-state index in [-0.39, 0.29) is 23.1 Å². The molecule has 0 fully saturated rings. The molecule has 0 spiro atoms. The van der Waals surface area contributed by atoms with Gasteiger partial charge in [-0.2, -0.15) is 4.72 Å². The van der Waals surface area contributed by atoms with Gasteiger partial charge in [-0.25, -0.2) is 8.42 Å². The number of nitrogens with one attached hydrogen (secondary N) is 2. The van der Waals surface area contributed by atoms with Crippen LogP contribution >= 0.6 is 0 Å². The molecule has 1 amide bonds. The van der Waals surface area contributed by atoms with Crippen molar-refractivity contribution in [3.63, 3.8) is 0 Å². The van der Waals surface area contributed by atoms with Crippen LogP contribution in [-0.2, 0) is 21.2 Å². The highest BCUT2D eigenvalue weighted by molar-refractivity contribution is 7.89. The van der Waals surface area contributed by atoms with Gasteiger partial charge < -0.3 is 14.8 Å². The molecule has 0 aliphatic rings. The topological polar surface area (TPSA) is 93.7 Å². The van der Waals surface area contributed by atoms with Gasteiger partial charge in [-0.1, -0.05) is 60.7 Å². The minimum Gasteiger partial charge on any atom is -0.493 e. The number of hydrogen-bond acceptors (Lipinski definition) is 5. The molecule has 33 heavy (non-hydrogen) atoms. The SMILES string of the molecule is COc1ccc(S(=O)(=O)NC(Cc2ccccc2)C(=O)NC(C)c2ccccc2)cc1OC. The second-order valence-corrected chi connectivity index (χ2v) is 9.24. The Balaban J connectivity index is 1.86. The average molecular weight is 469 g/mol. The Morgan fingerprint density at radius 1 is 0.879 bits per heavy atom. The highest BCUT2D eigenvalue weighted by atomic mass is 32.2. The summed E-state index contributed by atoms with van der Waals surface area (Å²) in [6, 6.07) is 21.7. The fourth-order valence-electron chi connectivity index (χ4n) is 3.42. The Hall–Kier alpha value is -3.36. The molecule has 3 rings (SSSR count). The van der Waals surface area contributed by atoms with Crippen molar-refractivity contribution in [1.82, 2.24) is 10.0 Å². The molecule has 7 nitrogen and oxygen atoms in total. The van der Waals surface area contributed by atoms with Crippen molar-refractivity contribution in [3.8, 4) is 11.5 Å². The number of amides is 1. The van der Waals surface area contributed by atoms with Gasteiger partial charge in [0.05, 0.1) is 25.2 Å². The van der Waals surface area contributed by atoms with Crippen molar-refractivity contribution in [2.45, 2.75) is 30.3 Å². The molecule has 0 radical (unpaired) electrons. The van der Waals surface area contributed by atoms with Crippen molar-refractivity contribution in [2.75, 3.05) is 14.2 Å². The van der Waals surface area contributed by atoms with Gasteiger partial charge in [0.1, 0.15) is 6.04 Å². The zero-order chi connectivity index (χ0) is 23.8. The van der Waals surface area contributed by atoms with E-state index in [2.05, 4.69) is 10.0 Å². The first-order valence-electron chi connectivity index (χ1n) is 10.5. The Kier molecular flexibility index (Phi) is 8.08. The lowest BCUT2D eigenvalue weighted by Crippen LogP contribution is -2.48. The molecule has 2 atom stereocenters. The minimum atomic E-state index is -4.03. The van der Waals surface area contributed by atoms with Gasteiger partial charge in [-0.15, -0.1) is 0 Å². The standard InChI is InChI=1S/C25H28N2O5S/c1-18(20-12-8-5-9-13-20)26-25(28)22(16-19-10-6-4-7-11-19)27-33(29,30)21-14-15-23(31-2)24(17-21)32-3/h4-15,17-18,22,27H,16H2,1-3H3,(H,26,28). The van der Waals surface area contributed by atoms with Crippen LogP contribution in [0.4, 0.5) is 0 Å². The van der Waals surface area contributed by atoms with Crippen LogP contribution in [0, 0.1) is 0 Å². The van der Waals surface area contributed by atoms with E-state index in [1.165, 1.54) is 32.4 Å². The van der Waals surface area contributed by atoms with Crippen LogP contribution in [0.25, 0.3) is 0 Å². The van der Waals surface area contributed by atoms with Crippen LogP contribution in [0.2, 0.25) is 0 Å². The number of methoxy groups -OCH3 is 2. The molecule has 3 aromatic carbocycles. The number of sulfonamides is 1. The van der Waals surface area contributed by atoms with Gasteiger partial charge in [0.2, 0.25) is 15.9 Å². The number of hydrogen-bond donors (Lipinski definition) is 2. The summed E-state index contributed by atoms with van der Waals surface area (Å²) in [5, 5.41) is 2.92. The normalized spacial score (nSPS) is 13.1. The van der Waals surface area contributed by atoms with Crippen LogP contribution in [0.3, 0.4) is 0 Å². The van der Waals surface area contributed by atoms with Crippen molar-refractivity contribution in [3.05, 3.63) is 90.0 Å².